The van der Waals surface area contributed by atoms with Gasteiger partial charge in [0.2, 0.25) is 5.91 Å². The number of carbonyl (C=O) groups excluding carboxylic acids is 1. The van der Waals surface area contributed by atoms with E-state index in [-0.39, 0.29) is 11.9 Å². The van der Waals surface area contributed by atoms with Crippen molar-refractivity contribution in [3.05, 3.63) is 53.3 Å². The number of likely N-dealkylation sites (N-methyl/N-ethyl adjacent to an activating group) is 1. The van der Waals surface area contributed by atoms with Crippen molar-refractivity contribution in [2.45, 2.75) is 31.8 Å². The van der Waals surface area contributed by atoms with E-state index in [4.69, 9.17) is 0 Å². The number of hydrogen-bond acceptors (Lipinski definition) is 3. The molecule has 0 saturated heterocycles. The van der Waals surface area contributed by atoms with Gasteiger partial charge in [-0.05, 0) is 50.0 Å². The minimum absolute atomic E-state index is 0.235. The molecule has 0 unspecified atom stereocenters. The molecule has 2 aromatic rings. The van der Waals surface area contributed by atoms with Gasteiger partial charge in [0, 0.05) is 25.7 Å². The van der Waals surface area contributed by atoms with Crippen LogP contribution in [0.1, 0.15) is 29.3 Å². The minimum Gasteiger partial charge on any atom is -0.335 e. The van der Waals surface area contributed by atoms with E-state index in [0.717, 1.165) is 31.6 Å². The Morgan fingerprint density at radius 3 is 2.60 bits per heavy atom. The fourth-order valence-corrected chi connectivity index (χ4v) is 4.30. The number of aromatic nitrogens is 2. The highest BCUT2D eigenvalue weighted by atomic mass is 16.2. The topological polar surface area (TPSA) is 41.4 Å². The summed E-state index contributed by atoms with van der Waals surface area (Å²) in [6, 6.07) is 10.9. The van der Waals surface area contributed by atoms with Crippen LogP contribution in [0.5, 0.6) is 0 Å². The number of rotatable bonds is 4. The largest absolute Gasteiger partial charge is 0.335 e. The lowest BCUT2D eigenvalue weighted by Crippen LogP contribution is -2.44. The van der Waals surface area contributed by atoms with Crippen LogP contribution >= 0.6 is 0 Å². The van der Waals surface area contributed by atoms with Crippen molar-refractivity contribution in [1.82, 2.24) is 19.6 Å². The maximum Gasteiger partial charge on any atom is 0.223 e. The van der Waals surface area contributed by atoms with Gasteiger partial charge in [0.15, 0.2) is 0 Å². The quantitative estimate of drug-likeness (QED) is 0.858. The lowest BCUT2D eigenvalue weighted by atomic mass is 10.0. The first-order chi connectivity index (χ1) is 12.1. The van der Waals surface area contributed by atoms with E-state index in [9.17, 15) is 4.79 Å². The fourth-order valence-electron chi connectivity index (χ4n) is 4.30. The molecule has 0 N–H and O–H groups in total. The van der Waals surface area contributed by atoms with Gasteiger partial charge in [-0.15, -0.1) is 0 Å². The van der Waals surface area contributed by atoms with Gasteiger partial charge in [-0.1, -0.05) is 24.3 Å². The van der Waals surface area contributed by atoms with Crippen LogP contribution < -0.4 is 0 Å². The monoisotopic (exact) mass is 338 g/mol. The van der Waals surface area contributed by atoms with Gasteiger partial charge in [-0.25, -0.2) is 0 Å². The summed E-state index contributed by atoms with van der Waals surface area (Å²) in [5.74, 6) is 0.734. The van der Waals surface area contributed by atoms with Gasteiger partial charge in [-0.2, -0.15) is 5.10 Å². The van der Waals surface area contributed by atoms with Crippen LogP contribution in [-0.2, 0) is 24.2 Å². The van der Waals surface area contributed by atoms with E-state index in [1.807, 2.05) is 17.2 Å². The van der Waals surface area contributed by atoms with E-state index in [1.165, 1.54) is 11.1 Å². The molecule has 1 aromatic carbocycles. The van der Waals surface area contributed by atoms with Crippen molar-refractivity contribution < 1.29 is 4.79 Å². The third kappa shape index (κ3) is 3.33. The third-order valence-corrected chi connectivity index (χ3v) is 5.41. The lowest BCUT2D eigenvalue weighted by molar-refractivity contribution is -0.134. The number of nitrogens with zero attached hydrogens (tertiary/aromatic N) is 4. The smallest absolute Gasteiger partial charge is 0.223 e. The first-order valence-electron chi connectivity index (χ1n) is 9.12. The first kappa shape index (κ1) is 16.3. The average molecular weight is 338 g/mol. The standard InChI is InChI=1S/C20H26N4O/c1-22(2)12-19-14-23(13-18-7-8-21-24(18)19)20(25)11-15-9-16-5-3-4-6-17(16)10-15/h3-8,15,19H,9-14H2,1-2H3/t19-/m0/s1. The predicted octanol–water partition coefficient (Wildman–Crippen LogP) is 2.13. The fraction of sp³-hybridized carbons (Fsp3) is 0.500. The van der Waals surface area contributed by atoms with Crippen molar-refractivity contribution in [3.63, 3.8) is 0 Å². The van der Waals surface area contributed by atoms with E-state index < -0.39 is 0 Å². The van der Waals surface area contributed by atoms with E-state index in [1.54, 1.807) is 0 Å². The zero-order valence-electron chi connectivity index (χ0n) is 15.1. The molecule has 132 valence electrons. The lowest BCUT2D eigenvalue weighted by Gasteiger charge is -2.35. The van der Waals surface area contributed by atoms with Crippen molar-refractivity contribution in [2.75, 3.05) is 27.2 Å². The minimum atomic E-state index is 0.235. The molecule has 5 heteroatoms. The zero-order valence-corrected chi connectivity index (χ0v) is 15.1. The molecule has 5 nitrogen and oxygen atoms in total. The van der Waals surface area contributed by atoms with Crippen LogP contribution in [0.25, 0.3) is 0 Å². The Balaban J connectivity index is 1.43. The van der Waals surface area contributed by atoms with E-state index in [2.05, 4.69) is 53.0 Å². The average Bonchev–Trinajstić information content (AvgIpc) is 3.19. The van der Waals surface area contributed by atoms with E-state index >= 15 is 0 Å². The number of hydrogen-bond donors (Lipinski definition) is 0. The molecule has 1 aromatic heterocycles. The van der Waals surface area contributed by atoms with Gasteiger partial charge in [-0.3, -0.25) is 9.48 Å². The molecule has 1 aliphatic carbocycles. The predicted molar refractivity (Wildman–Crippen MR) is 97.2 cm³/mol. The van der Waals surface area contributed by atoms with Crippen LogP contribution in [0.3, 0.4) is 0 Å². The Kier molecular flexibility index (Phi) is 4.34. The Morgan fingerprint density at radius 1 is 1.20 bits per heavy atom. The molecule has 1 amide bonds. The van der Waals surface area contributed by atoms with Crippen molar-refractivity contribution in [2.24, 2.45) is 5.92 Å². The highest BCUT2D eigenvalue weighted by molar-refractivity contribution is 5.76. The van der Waals surface area contributed by atoms with Crippen LogP contribution in [0.2, 0.25) is 0 Å². The summed E-state index contributed by atoms with van der Waals surface area (Å²) in [4.78, 5) is 17.2. The molecule has 0 fully saturated rings. The molecule has 0 radical (unpaired) electrons. The summed E-state index contributed by atoms with van der Waals surface area (Å²) in [6.07, 6.45) is 4.57. The Hall–Kier alpha value is -2.14. The Morgan fingerprint density at radius 2 is 1.92 bits per heavy atom. The summed E-state index contributed by atoms with van der Waals surface area (Å²) in [7, 11) is 4.14. The zero-order chi connectivity index (χ0) is 17.4. The number of carbonyl (C=O) groups is 1. The maximum absolute atomic E-state index is 13.0. The van der Waals surface area contributed by atoms with Crippen LogP contribution in [0, 0.1) is 5.92 Å². The highest BCUT2D eigenvalue weighted by Gasteiger charge is 2.31. The van der Waals surface area contributed by atoms with Crippen molar-refractivity contribution >= 4 is 5.91 Å². The molecular formula is C20H26N4O. The highest BCUT2D eigenvalue weighted by Crippen LogP contribution is 2.30. The van der Waals surface area contributed by atoms with Crippen LogP contribution in [0.4, 0.5) is 0 Å². The second-order valence-electron chi connectivity index (χ2n) is 7.70. The van der Waals surface area contributed by atoms with Gasteiger partial charge >= 0.3 is 0 Å². The molecule has 2 aliphatic rings. The molecule has 1 aliphatic heterocycles. The SMILES string of the molecule is CN(C)C[C@H]1CN(C(=O)CC2Cc3ccccc3C2)Cc2ccnn21. The second kappa shape index (κ2) is 6.64. The van der Waals surface area contributed by atoms with E-state index in [0.29, 0.717) is 18.9 Å². The molecular weight excluding hydrogens is 312 g/mol. The second-order valence-corrected chi connectivity index (χ2v) is 7.70. The van der Waals surface area contributed by atoms with Gasteiger partial charge in [0.1, 0.15) is 0 Å². The maximum atomic E-state index is 13.0. The normalized spacial score (nSPS) is 20.0. The van der Waals surface area contributed by atoms with Crippen LogP contribution in [0.15, 0.2) is 36.5 Å². The molecule has 1 atom stereocenters. The Bertz CT molecular complexity index is 742. The molecule has 4 rings (SSSR count). The van der Waals surface area contributed by atoms with Crippen molar-refractivity contribution in [3.8, 4) is 0 Å². The summed E-state index contributed by atoms with van der Waals surface area (Å²) >= 11 is 0. The molecule has 2 heterocycles. The van der Waals surface area contributed by atoms with Gasteiger partial charge in [0.25, 0.3) is 0 Å². The number of benzene rings is 1. The molecule has 25 heavy (non-hydrogen) atoms. The molecule has 0 saturated carbocycles. The Labute approximate surface area is 149 Å². The number of amides is 1. The van der Waals surface area contributed by atoms with Crippen LogP contribution in [-0.4, -0.2) is 52.7 Å². The third-order valence-electron chi connectivity index (χ3n) is 5.41. The summed E-state index contributed by atoms with van der Waals surface area (Å²) in [5, 5.41) is 4.47. The summed E-state index contributed by atoms with van der Waals surface area (Å²) in [5.41, 5.74) is 3.98. The molecule has 0 bridgehead atoms. The van der Waals surface area contributed by atoms with Crippen molar-refractivity contribution in [1.29, 1.82) is 0 Å². The van der Waals surface area contributed by atoms with Gasteiger partial charge in [0.05, 0.1) is 18.3 Å². The summed E-state index contributed by atoms with van der Waals surface area (Å²) in [6.45, 7) is 2.33. The van der Waals surface area contributed by atoms with Gasteiger partial charge < -0.3 is 9.80 Å². The molecule has 0 spiro atoms. The number of fused-ring (bicyclic) bond motifs is 2. The summed E-state index contributed by atoms with van der Waals surface area (Å²) < 4.78 is 2.09. The first-order valence-corrected chi connectivity index (χ1v) is 9.12.